The monoisotopic (exact) mass is 376 g/mol. The Balaban J connectivity index is 1.70. The van der Waals surface area contributed by atoms with Gasteiger partial charge in [-0.15, -0.1) is 0 Å². The number of nitrogens with zero attached hydrogens (tertiary/aromatic N) is 4. The maximum atomic E-state index is 13.9. The molecule has 0 N–H and O–H groups in total. The molecule has 0 bridgehead atoms. The van der Waals surface area contributed by atoms with Crippen LogP contribution in [0.15, 0.2) is 30.6 Å². The van der Waals surface area contributed by atoms with Gasteiger partial charge in [0.25, 0.3) is 11.8 Å². The van der Waals surface area contributed by atoms with E-state index in [0.29, 0.717) is 24.7 Å². The minimum Gasteiger partial charge on any atom is -0.470 e. The fourth-order valence-corrected chi connectivity index (χ4v) is 3.13. The molecule has 1 atom stereocenters. The molecule has 1 aliphatic heterocycles. The molecule has 1 unspecified atom stereocenters. The highest BCUT2D eigenvalue weighted by Crippen LogP contribution is 2.26. The number of likely N-dealkylation sites (tertiary alicyclic amines) is 1. The second kappa shape index (κ2) is 8.28. The maximum absolute atomic E-state index is 13.9. The van der Waals surface area contributed by atoms with E-state index in [-0.39, 0.29) is 12.6 Å². The molecule has 0 saturated carbocycles. The molecule has 1 aromatic carbocycles. The second-order valence-electron chi connectivity index (χ2n) is 6.48. The molecular weight excluding hydrogens is 354 g/mol. The highest BCUT2D eigenvalue weighted by Gasteiger charge is 2.32. The van der Waals surface area contributed by atoms with Gasteiger partial charge in [0.05, 0.1) is 6.54 Å². The number of aromatic nitrogens is 2. The van der Waals surface area contributed by atoms with E-state index in [4.69, 9.17) is 4.74 Å². The number of ether oxygens (including phenoxy) is 1. The number of amides is 1. The Labute approximate surface area is 156 Å². The fourth-order valence-electron chi connectivity index (χ4n) is 3.13. The van der Waals surface area contributed by atoms with Crippen LogP contribution in [-0.4, -0.2) is 53.6 Å². The standard InChI is InChI=1S/C19H22F2N4O2/c1-3-10-24(2)17-18(23-9-8-22-17)27-13-7-11-25(12-13)19(26)16-14(20)5-4-6-15(16)21/h4-6,8-9,13H,3,7,10-12H2,1-2H3. The number of anilines is 1. The van der Waals surface area contributed by atoms with E-state index in [2.05, 4.69) is 16.9 Å². The molecule has 1 amide bonds. The lowest BCUT2D eigenvalue weighted by Crippen LogP contribution is -2.32. The highest BCUT2D eigenvalue weighted by atomic mass is 19.1. The minimum atomic E-state index is -0.859. The Kier molecular flexibility index (Phi) is 5.83. The van der Waals surface area contributed by atoms with Crippen LogP contribution >= 0.6 is 0 Å². The van der Waals surface area contributed by atoms with Gasteiger partial charge in [-0.05, 0) is 18.6 Å². The first-order valence-electron chi connectivity index (χ1n) is 8.93. The van der Waals surface area contributed by atoms with Crippen LogP contribution in [0.2, 0.25) is 0 Å². The van der Waals surface area contributed by atoms with Gasteiger partial charge in [-0.1, -0.05) is 13.0 Å². The molecule has 3 rings (SSSR count). The summed E-state index contributed by atoms with van der Waals surface area (Å²) in [5.74, 6) is -1.36. The Hall–Kier alpha value is -2.77. The molecule has 0 spiro atoms. The van der Waals surface area contributed by atoms with Crippen molar-refractivity contribution in [2.24, 2.45) is 0 Å². The van der Waals surface area contributed by atoms with E-state index >= 15 is 0 Å². The number of rotatable bonds is 6. The largest absolute Gasteiger partial charge is 0.470 e. The Bertz CT molecular complexity index is 798. The zero-order valence-electron chi connectivity index (χ0n) is 15.4. The van der Waals surface area contributed by atoms with Crippen molar-refractivity contribution in [1.29, 1.82) is 0 Å². The van der Waals surface area contributed by atoms with E-state index in [9.17, 15) is 13.6 Å². The Morgan fingerprint density at radius 2 is 2.00 bits per heavy atom. The second-order valence-corrected chi connectivity index (χ2v) is 6.48. The summed E-state index contributed by atoms with van der Waals surface area (Å²) >= 11 is 0. The summed E-state index contributed by atoms with van der Waals surface area (Å²) in [6.07, 6.45) is 4.33. The molecule has 27 heavy (non-hydrogen) atoms. The molecule has 1 fully saturated rings. The van der Waals surface area contributed by atoms with Crippen molar-refractivity contribution in [1.82, 2.24) is 14.9 Å². The third-order valence-electron chi connectivity index (χ3n) is 4.45. The van der Waals surface area contributed by atoms with Gasteiger partial charge in [0.1, 0.15) is 23.3 Å². The van der Waals surface area contributed by atoms with Crippen molar-refractivity contribution < 1.29 is 18.3 Å². The van der Waals surface area contributed by atoms with Gasteiger partial charge in [-0.3, -0.25) is 4.79 Å². The SMILES string of the molecule is CCCN(C)c1nccnc1OC1CCN(C(=O)c2c(F)cccc2F)C1. The van der Waals surface area contributed by atoms with Crippen molar-refractivity contribution in [3.63, 3.8) is 0 Å². The molecule has 144 valence electrons. The van der Waals surface area contributed by atoms with Gasteiger partial charge >= 0.3 is 0 Å². The van der Waals surface area contributed by atoms with E-state index in [0.717, 1.165) is 25.1 Å². The third kappa shape index (κ3) is 4.15. The Morgan fingerprint density at radius 3 is 2.70 bits per heavy atom. The quantitative estimate of drug-likeness (QED) is 0.776. The molecule has 2 aromatic rings. The summed E-state index contributed by atoms with van der Waals surface area (Å²) in [7, 11) is 1.91. The van der Waals surface area contributed by atoms with Crippen molar-refractivity contribution in [3.05, 3.63) is 47.8 Å². The summed E-state index contributed by atoms with van der Waals surface area (Å²) < 4.78 is 33.7. The van der Waals surface area contributed by atoms with Gasteiger partial charge in [0.15, 0.2) is 5.82 Å². The molecule has 0 aliphatic carbocycles. The lowest BCUT2D eigenvalue weighted by molar-refractivity contribution is 0.0761. The van der Waals surface area contributed by atoms with Crippen molar-refractivity contribution in [2.45, 2.75) is 25.9 Å². The molecule has 1 aliphatic rings. The predicted molar refractivity (Wildman–Crippen MR) is 96.9 cm³/mol. The first-order valence-corrected chi connectivity index (χ1v) is 8.93. The van der Waals surface area contributed by atoms with Crippen molar-refractivity contribution in [2.75, 3.05) is 31.6 Å². The first-order chi connectivity index (χ1) is 13.0. The number of halogens is 2. The summed E-state index contributed by atoms with van der Waals surface area (Å²) in [5, 5.41) is 0. The zero-order valence-corrected chi connectivity index (χ0v) is 15.4. The zero-order chi connectivity index (χ0) is 19.4. The van der Waals surface area contributed by atoms with Gasteiger partial charge in [-0.2, -0.15) is 0 Å². The topological polar surface area (TPSA) is 58.6 Å². The van der Waals surface area contributed by atoms with E-state index in [1.54, 1.807) is 12.4 Å². The number of hydrogen-bond acceptors (Lipinski definition) is 5. The van der Waals surface area contributed by atoms with E-state index in [1.807, 2.05) is 11.9 Å². The lowest BCUT2D eigenvalue weighted by atomic mass is 10.1. The lowest BCUT2D eigenvalue weighted by Gasteiger charge is -2.21. The molecule has 2 heterocycles. The summed E-state index contributed by atoms with van der Waals surface area (Å²) in [6, 6.07) is 3.39. The average Bonchev–Trinajstić information content (AvgIpc) is 3.10. The number of carbonyl (C=O) groups excluding carboxylic acids is 1. The van der Waals surface area contributed by atoms with Gasteiger partial charge in [0.2, 0.25) is 0 Å². The van der Waals surface area contributed by atoms with Crippen LogP contribution in [0.4, 0.5) is 14.6 Å². The van der Waals surface area contributed by atoms with Crippen molar-refractivity contribution >= 4 is 11.7 Å². The third-order valence-corrected chi connectivity index (χ3v) is 4.45. The van der Waals surface area contributed by atoms with Crippen LogP contribution in [0.3, 0.4) is 0 Å². The van der Waals surface area contributed by atoms with E-state index in [1.165, 1.54) is 11.0 Å². The van der Waals surface area contributed by atoms with Crippen LogP contribution in [0, 0.1) is 11.6 Å². The predicted octanol–water partition coefficient (Wildman–Crippen LogP) is 2.89. The van der Waals surface area contributed by atoms with Gasteiger partial charge < -0.3 is 14.5 Å². The van der Waals surface area contributed by atoms with Crippen LogP contribution in [-0.2, 0) is 0 Å². The number of hydrogen-bond donors (Lipinski definition) is 0. The summed E-state index contributed by atoms with van der Waals surface area (Å²) in [4.78, 5) is 24.4. The summed E-state index contributed by atoms with van der Waals surface area (Å²) in [6.45, 7) is 3.46. The molecule has 1 saturated heterocycles. The summed E-state index contributed by atoms with van der Waals surface area (Å²) in [5.41, 5.74) is -0.527. The molecular formula is C19H22F2N4O2. The van der Waals surface area contributed by atoms with Gasteiger partial charge in [0, 0.05) is 39.0 Å². The van der Waals surface area contributed by atoms with Crippen LogP contribution < -0.4 is 9.64 Å². The first kappa shape index (κ1) is 19.0. The Morgan fingerprint density at radius 1 is 1.30 bits per heavy atom. The molecule has 1 aromatic heterocycles. The fraction of sp³-hybridized carbons (Fsp3) is 0.421. The van der Waals surface area contributed by atoms with Gasteiger partial charge in [-0.25, -0.2) is 18.7 Å². The van der Waals surface area contributed by atoms with Crippen LogP contribution in [0.1, 0.15) is 30.1 Å². The molecule has 8 heteroatoms. The smallest absolute Gasteiger partial charge is 0.259 e. The number of carbonyl (C=O) groups is 1. The van der Waals surface area contributed by atoms with Crippen LogP contribution in [0.25, 0.3) is 0 Å². The van der Waals surface area contributed by atoms with Crippen molar-refractivity contribution in [3.8, 4) is 5.88 Å². The molecule has 6 nitrogen and oxygen atoms in total. The maximum Gasteiger partial charge on any atom is 0.259 e. The van der Waals surface area contributed by atoms with Crippen LogP contribution in [0.5, 0.6) is 5.88 Å². The van der Waals surface area contributed by atoms with E-state index < -0.39 is 23.1 Å². The molecule has 0 radical (unpaired) electrons. The highest BCUT2D eigenvalue weighted by molar-refractivity contribution is 5.95. The minimum absolute atomic E-state index is 0.236. The normalized spacial score (nSPS) is 16.4. The average molecular weight is 376 g/mol. The number of benzene rings is 1.